The lowest BCUT2D eigenvalue weighted by Gasteiger charge is -2.08. The van der Waals surface area contributed by atoms with Gasteiger partial charge in [0.15, 0.2) is 0 Å². The van der Waals surface area contributed by atoms with Gasteiger partial charge in [0.25, 0.3) is 0 Å². The maximum Gasteiger partial charge on any atom is 0.144 e. The van der Waals surface area contributed by atoms with Crippen LogP contribution in [0.2, 0.25) is 0 Å². The summed E-state index contributed by atoms with van der Waals surface area (Å²) in [5, 5.41) is 0. The van der Waals surface area contributed by atoms with E-state index in [0.717, 1.165) is 0 Å². The minimum atomic E-state index is -0.297. The molecule has 1 heterocycles. The molecule has 0 spiro atoms. The summed E-state index contributed by atoms with van der Waals surface area (Å²) in [4.78, 5) is 4.04. The smallest absolute Gasteiger partial charge is 0.144 e. The predicted molar refractivity (Wildman–Crippen MR) is 50.7 cm³/mol. The number of nitrogens with two attached hydrogens (primary N) is 1. The van der Waals surface area contributed by atoms with Crippen molar-refractivity contribution in [3.05, 3.63) is 42.0 Å². The molecule has 0 fully saturated rings. The van der Waals surface area contributed by atoms with Crippen LogP contribution < -0.4 is 5.73 Å². The summed E-state index contributed by atoms with van der Waals surface area (Å²) in [6.07, 6.45) is 2.38. The van der Waals surface area contributed by atoms with Crippen LogP contribution in [0, 0.1) is 12.7 Å². The predicted octanol–water partition coefficient (Wildman–Crippen LogP) is 2.11. The van der Waals surface area contributed by atoms with Crippen LogP contribution in [-0.2, 0) is 0 Å². The Labute approximate surface area is 77.3 Å². The van der Waals surface area contributed by atoms with E-state index >= 15 is 0 Å². The van der Waals surface area contributed by atoms with Gasteiger partial charge in [0, 0.05) is 0 Å². The summed E-state index contributed by atoms with van der Waals surface area (Å²) in [6.45, 7) is 5.21. The first kappa shape index (κ1) is 9.86. The summed E-state index contributed by atoms with van der Waals surface area (Å²) >= 11 is 0. The van der Waals surface area contributed by atoms with Crippen molar-refractivity contribution in [2.45, 2.75) is 19.4 Å². The lowest BCUT2D eigenvalue weighted by molar-refractivity contribution is 0.600. The Morgan fingerprint density at radius 3 is 2.92 bits per heavy atom. The van der Waals surface area contributed by atoms with Gasteiger partial charge in [-0.15, -0.1) is 6.58 Å². The van der Waals surface area contributed by atoms with Crippen molar-refractivity contribution in [2.24, 2.45) is 5.73 Å². The number of hydrogen-bond acceptors (Lipinski definition) is 2. The van der Waals surface area contributed by atoms with Crippen LogP contribution >= 0.6 is 0 Å². The Balaban J connectivity index is 2.89. The third kappa shape index (κ3) is 2.36. The molecule has 2 N–H and O–H groups in total. The maximum atomic E-state index is 12.8. The van der Waals surface area contributed by atoms with Gasteiger partial charge in [-0.2, -0.15) is 0 Å². The second-order valence-corrected chi connectivity index (χ2v) is 2.93. The van der Waals surface area contributed by atoms with Crippen LogP contribution in [0.4, 0.5) is 4.39 Å². The lowest BCUT2D eigenvalue weighted by Crippen LogP contribution is -2.11. The molecule has 1 atom stereocenters. The third-order valence-corrected chi connectivity index (χ3v) is 1.84. The number of hydrogen-bond donors (Lipinski definition) is 1. The summed E-state index contributed by atoms with van der Waals surface area (Å²) in [5.41, 5.74) is 6.86. The number of aromatic nitrogens is 1. The Bertz CT molecular complexity index is 310. The van der Waals surface area contributed by atoms with E-state index in [4.69, 9.17) is 5.73 Å². The molecule has 1 aromatic rings. The molecule has 1 rings (SSSR count). The van der Waals surface area contributed by atoms with Crippen LogP contribution in [0.3, 0.4) is 0 Å². The normalized spacial score (nSPS) is 12.5. The van der Waals surface area contributed by atoms with Gasteiger partial charge < -0.3 is 5.73 Å². The zero-order chi connectivity index (χ0) is 9.84. The minimum absolute atomic E-state index is 0.184. The average molecular weight is 180 g/mol. The van der Waals surface area contributed by atoms with E-state index in [2.05, 4.69) is 11.6 Å². The Morgan fingerprint density at radius 1 is 1.69 bits per heavy atom. The van der Waals surface area contributed by atoms with Crippen LogP contribution in [0.5, 0.6) is 0 Å². The van der Waals surface area contributed by atoms with Crippen molar-refractivity contribution >= 4 is 0 Å². The second-order valence-electron chi connectivity index (χ2n) is 2.93. The number of rotatable bonds is 3. The fraction of sp³-hybridized carbons (Fsp3) is 0.300. The van der Waals surface area contributed by atoms with Gasteiger partial charge in [0.2, 0.25) is 0 Å². The quantitative estimate of drug-likeness (QED) is 0.723. The van der Waals surface area contributed by atoms with E-state index in [-0.39, 0.29) is 11.9 Å². The molecule has 0 radical (unpaired) electrons. The molecule has 0 unspecified atom stereocenters. The lowest BCUT2D eigenvalue weighted by atomic mass is 10.1. The zero-order valence-electron chi connectivity index (χ0n) is 7.63. The molecule has 0 bridgehead atoms. The van der Waals surface area contributed by atoms with E-state index in [1.54, 1.807) is 19.1 Å². The first-order valence-electron chi connectivity index (χ1n) is 4.14. The van der Waals surface area contributed by atoms with Gasteiger partial charge >= 0.3 is 0 Å². The van der Waals surface area contributed by atoms with E-state index in [1.807, 2.05) is 0 Å². The minimum Gasteiger partial charge on any atom is -0.322 e. The molecular formula is C10H13FN2. The van der Waals surface area contributed by atoms with Crippen molar-refractivity contribution < 1.29 is 4.39 Å². The first-order chi connectivity index (χ1) is 6.15. The molecule has 0 aliphatic rings. The summed E-state index contributed by atoms with van der Waals surface area (Å²) in [6, 6.07) is 2.81. The fourth-order valence-corrected chi connectivity index (χ4v) is 1.07. The molecule has 1 aromatic heterocycles. The Kier molecular flexibility index (Phi) is 3.14. The van der Waals surface area contributed by atoms with Crippen molar-refractivity contribution in [1.82, 2.24) is 4.98 Å². The van der Waals surface area contributed by atoms with Gasteiger partial charge in [-0.25, -0.2) is 4.39 Å². The molecule has 0 saturated heterocycles. The van der Waals surface area contributed by atoms with Crippen molar-refractivity contribution in [2.75, 3.05) is 0 Å². The van der Waals surface area contributed by atoms with Crippen LogP contribution in [0.15, 0.2) is 24.8 Å². The molecule has 3 heteroatoms. The highest BCUT2D eigenvalue weighted by molar-refractivity contribution is 5.15. The zero-order valence-corrected chi connectivity index (χ0v) is 7.63. The molecule has 0 aromatic carbocycles. The molecular weight excluding hydrogens is 167 g/mol. The maximum absolute atomic E-state index is 12.8. The third-order valence-electron chi connectivity index (χ3n) is 1.84. The second kappa shape index (κ2) is 4.14. The molecule has 0 aliphatic heterocycles. The highest BCUT2D eigenvalue weighted by Crippen LogP contribution is 2.13. The number of nitrogens with zero attached hydrogens (tertiary/aromatic N) is 1. The van der Waals surface area contributed by atoms with Gasteiger partial charge in [-0.1, -0.05) is 6.08 Å². The van der Waals surface area contributed by atoms with Crippen LogP contribution in [0.25, 0.3) is 0 Å². The van der Waals surface area contributed by atoms with E-state index in [1.165, 1.54) is 6.07 Å². The SMILES string of the molecule is C=CC[C@H](N)c1ccc(F)c(C)n1. The standard InChI is InChI=1S/C10H13FN2/c1-3-4-9(12)10-6-5-8(11)7(2)13-10/h3,5-6,9H,1,4,12H2,2H3/t9-/m0/s1. The molecule has 2 nitrogen and oxygen atoms in total. The van der Waals surface area contributed by atoms with Gasteiger partial charge in [0.05, 0.1) is 17.4 Å². The van der Waals surface area contributed by atoms with Gasteiger partial charge in [-0.05, 0) is 25.5 Å². The molecule has 70 valence electrons. The first-order valence-corrected chi connectivity index (χ1v) is 4.14. The van der Waals surface area contributed by atoms with Crippen molar-refractivity contribution in [1.29, 1.82) is 0 Å². The molecule has 0 aliphatic carbocycles. The monoisotopic (exact) mass is 180 g/mol. The number of pyridine rings is 1. The van der Waals surface area contributed by atoms with E-state index in [0.29, 0.717) is 17.8 Å². The van der Waals surface area contributed by atoms with Crippen molar-refractivity contribution in [3.8, 4) is 0 Å². The average Bonchev–Trinajstić information content (AvgIpc) is 2.10. The van der Waals surface area contributed by atoms with Crippen LogP contribution in [-0.4, -0.2) is 4.98 Å². The molecule has 0 saturated carbocycles. The molecule has 13 heavy (non-hydrogen) atoms. The van der Waals surface area contributed by atoms with Gasteiger partial charge in [-0.3, -0.25) is 4.98 Å². The fourth-order valence-electron chi connectivity index (χ4n) is 1.07. The number of halogens is 1. The van der Waals surface area contributed by atoms with E-state index < -0.39 is 0 Å². The highest BCUT2D eigenvalue weighted by Gasteiger charge is 2.07. The van der Waals surface area contributed by atoms with Gasteiger partial charge in [0.1, 0.15) is 5.82 Å². The summed E-state index contributed by atoms with van der Waals surface area (Å²) < 4.78 is 12.8. The van der Waals surface area contributed by atoms with E-state index in [9.17, 15) is 4.39 Å². The topological polar surface area (TPSA) is 38.9 Å². The highest BCUT2D eigenvalue weighted by atomic mass is 19.1. The largest absolute Gasteiger partial charge is 0.322 e. The van der Waals surface area contributed by atoms with Crippen LogP contribution in [0.1, 0.15) is 23.9 Å². The Hall–Kier alpha value is -1.22. The summed E-state index contributed by atoms with van der Waals surface area (Å²) in [7, 11) is 0. The molecule has 0 amide bonds. The Morgan fingerprint density at radius 2 is 2.38 bits per heavy atom. The summed E-state index contributed by atoms with van der Waals surface area (Å²) in [5.74, 6) is -0.297. The van der Waals surface area contributed by atoms with Crippen molar-refractivity contribution in [3.63, 3.8) is 0 Å². The number of aryl methyl sites for hydroxylation is 1.